The first-order chi connectivity index (χ1) is 15.3. The third kappa shape index (κ3) is 4.38. The Bertz CT molecular complexity index is 1320. The molecule has 0 spiro atoms. The lowest BCUT2D eigenvalue weighted by Crippen LogP contribution is -1.87. The van der Waals surface area contributed by atoms with E-state index in [2.05, 4.69) is 143 Å². The van der Waals surface area contributed by atoms with Crippen molar-refractivity contribution < 1.29 is 0 Å². The third-order valence-electron chi connectivity index (χ3n) is 5.50. The molecule has 1 heteroatoms. The van der Waals surface area contributed by atoms with E-state index in [-0.39, 0.29) is 0 Å². The molecule has 0 aliphatic rings. The van der Waals surface area contributed by atoms with Gasteiger partial charge in [0.15, 0.2) is 0 Å². The summed E-state index contributed by atoms with van der Waals surface area (Å²) in [5.41, 5.74) is 9.75. The monoisotopic (exact) mass is 460 g/mol. The van der Waals surface area contributed by atoms with Crippen LogP contribution in [-0.4, -0.2) is 0 Å². The molecule has 0 N–H and O–H groups in total. The largest absolute Gasteiger partial charge is 0.0622 e. The molecular weight excluding hydrogens is 440 g/mol. The minimum atomic E-state index is 1.09. The fourth-order valence-electron chi connectivity index (χ4n) is 3.94. The van der Waals surface area contributed by atoms with E-state index >= 15 is 0 Å². The SMILES string of the molecule is Brc1cccc(-c2cc(-c3ccccc3)cc(-c3cccc(-c4ccccc4)c3)c2)c1. The molecule has 148 valence electrons. The molecule has 0 saturated carbocycles. The number of hydrogen-bond donors (Lipinski definition) is 0. The van der Waals surface area contributed by atoms with E-state index < -0.39 is 0 Å². The Labute approximate surface area is 192 Å². The molecule has 0 atom stereocenters. The Morgan fingerprint density at radius 1 is 0.290 bits per heavy atom. The molecule has 0 bridgehead atoms. The maximum atomic E-state index is 3.62. The quantitative estimate of drug-likeness (QED) is 0.250. The fraction of sp³-hybridized carbons (Fsp3) is 0. The van der Waals surface area contributed by atoms with E-state index in [1.165, 1.54) is 44.5 Å². The predicted octanol–water partition coefficient (Wildman–Crippen LogP) is 9.12. The highest BCUT2D eigenvalue weighted by atomic mass is 79.9. The highest BCUT2D eigenvalue weighted by Gasteiger charge is 2.09. The maximum absolute atomic E-state index is 3.62. The molecule has 0 aliphatic carbocycles. The van der Waals surface area contributed by atoms with Crippen LogP contribution < -0.4 is 0 Å². The van der Waals surface area contributed by atoms with Crippen molar-refractivity contribution in [2.45, 2.75) is 0 Å². The Kier molecular flexibility index (Phi) is 5.52. The highest BCUT2D eigenvalue weighted by Crippen LogP contribution is 2.35. The normalized spacial score (nSPS) is 10.7. The molecule has 0 heterocycles. The molecule has 0 radical (unpaired) electrons. The van der Waals surface area contributed by atoms with Gasteiger partial charge >= 0.3 is 0 Å². The van der Waals surface area contributed by atoms with Crippen molar-refractivity contribution >= 4 is 15.9 Å². The van der Waals surface area contributed by atoms with Crippen LogP contribution in [0.1, 0.15) is 0 Å². The van der Waals surface area contributed by atoms with Crippen molar-refractivity contribution in [1.29, 1.82) is 0 Å². The highest BCUT2D eigenvalue weighted by molar-refractivity contribution is 9.10. The van der Waals surface area contributed by atoms with Gasteiger partial charge in [0.2, 0.25) is 0 Å². The van der Waals surface area contributed by atoms with Crippen LogP contribution in [0.15, 0.2) is 132 Å². The average molecular weight is 461 g/mol. The van der Waals surface area contributed by atoms with Gasteiger partial charge in [0, 0.05) is 4.47 Å². The Hall–Kier alpha value is -3.42. The van der Waals surface area contributed by atoms with Crippen molar-refractivity contribution in [1.82, 2.24) is 0 Å². The maximum Gasteiger partial charge on any atom is 0.0181 e. The second-order valence-electron chi connectivity index (χ2n) is 7.62. The summed E-state index contributed by atoms with van der Waals surface area (Å²) in [6.45, 7) is 0. The minimum absolute atomic E-state index is 1.09. The van der Waals surface area contributed by atoms with Gasteiger partial charge in [-0.15, -0.1) is 0 Å². The summed E-state index contributed by atoms with van der Waals surface area (Å²) in [7, 11) is 0. The molecular formula is C30H21Br. The first-order valence-electron chi connectivity index (χ1n) is 10.4. The number of benzene rings is 5. The Balaban J connectivity index is 1.67. The lowest BCUT2D eigenvalue weighted by atomic mass is 9.92. The van der Waals surface area contributed by atoms with Crippen molar-refractivity contribution in [2.75, 3.05) is 0 Å². The molecule has 5 aromatic carbocycles. The summed E-state index contributed by atoms with van der Waals surface area (Å²) in [5, 5.41) is 0. The van der Waals surface area contributed by atoms with Gasteiger partial charge in [-0.1, -0.05) is 107 Å². The van der Waals surface area contributed by atoms with Crippen molar-refractivity contribution in [3.05, 3.63) is 132 Å². The van der Waals surface area contributed by atoms with Crippen LogP contribution in [0.25, 0.3) is 44.5 Å². The summed E-state index contributed by atoms with van der Waals surface area (Å²) in [5.74, 6) is 0. The van der Waals surface area contributed by atoms with Gasteiger partial charge in [0.1, 0.15) is 0 Å². The van der Waals surface area contributed by atoms with Crippen LogP contribution in [0.3, 0.4) is 0 Å². The first kappa shape index (κ1) is 19.5. The van der Waals surface area contributed by atoms with Gasteiger partial charge in [-0.05, 0) is 80.9 Å². The van der Waals surface area contributed by atoms with Crippen LogP contribution >= 0.6 is 15.9 Å². The molecule has 0 aliphatic heterocycles. The second kappa shape index (κ2) is 8.75. The zero-order valence-electron chi connectivity index (χ0n) is 17.0. The van der Waals surface area contributed by atoms with E-state index in [0.717, 1.165) is 4.47 Å². The summed E-state index contributed by atoms with van der Waals surface area (Å²) in [6, 6.07) is 45.3. The van der Waals surface area contributed by atoms with Gasteiger partial charge in [-0.25, -0.2) is 0 Å². The summed E-state index contributed by atoms with van der Waals surface area (Å²) in [4.78, 5) is 0. The lowest BCUT2D eigenvalue weighted by Gasteiger charge is -2.12. The Morgan fingerprint density at radius 3 is 1.19 bits per heavy atom. The van der Waals surface area contributed by atoms with Crippen molar-refractivity contribution in [3.63, 3.8) is 0 Å². The van der Waals surface area contributed by atoms with Gasteiger partial charge in [-0.2, -0.15) is 0 Å². The smallest absolute Gasteiger partial charge is 0.0181 e. The van der Waals surface area contributed by atoms with Crippen molar-refractivity contribution in [2.24, 2.45) is 0 Å². The zero-order valence-corrected chi connectivity index (χ0v) is 18.6. The molecule has 0 fully saturated rings. The molecule has 0 saturated heterocycles. The number of hydrogen-bond acceptors (Lipinski definition) is 0. The summed E-state index contributed by atoms with van der Waals surface area (Å²) in [6.07, 6.45) is 0. The molecule has 5 aromatic rings. The van der Waals surface area contributed by atoms with E-state index in [9.17, 15) is 0 Å². The molecule has 0 amide bonds. The topological polar surface area (TPSA) is 0 Å². The molecule has 31 heavy (non-hydrogen) atoms. The van der Waals surface area contributed by atoms with Crippen LogP contribution in [0.5, 0.6) is 0 Å². The summed E-state index contributed by atoms with van der Waals surface area (Å²) >= 11 is 3.62. The van der Waals surface area contributed by atoms with Crippen LogP contribution in [0, 0.1) is 0 Å². The standard InChI is InChI=1S/C30H21Br/c31-30-16-8-15-26(21-30)29-19-27(23-11-5-2-6-12-23)18-28(20-29)25-14-7-13-24(17-25)22-9-3-1-4-10-22/h1-21H. The minimum Gasteiger partial charge on any atom is -0.0622 e. The lowest BCUT2D eigenvalue weighted by molar-refractivity contribution is 1.55. The third-order valence-corrected chi connectivity index (χ3v) is 5.99. The van der Waals surface area contributed by atoms with Gasteiger partial charge in [0.05, 0.1) is 0 Å². The van der Waals surface area contributed by atoms with E-state index in [1.807, 2.05) is 0 Å². The van der Waals surface area contributed by atoms with Crippen LogP contribution in [0.4, 0.5) is 0 Å². The molecule has 5 rings (SSSR count). The molecule has 0 aromatic heterocycles. The van der Waals surface area contributed by atoms with E-state index in [4.69, 9.17) is 0 Å². The fourth-order valence-corrected chi connectivity index (χ4v) is 4.33. The van der Waals surface area contributed by atoms with Crippen LogP contribution in [-0.2, 0) is 0 Å². The molecule has 0 nitrogen and oxygen atoms in total. The van der Waals surface area contributed by atoms with Gasteiger partial charge in [0.25, 0.3) is 0 Å². The van der Waals surface area contributed by atoms with E-state index in [0.29, 0.717) is 0 Å². The first-order valence-corrected chi connectivity index (χ1v) is 11.2. The van der Waals surface area contributed by atoms with Gasteiger partial charge in [-0.3, -0.25) is 0 Å². The zero-order chi connectivity index (χ0) is 21.0. The van der Waals surface area contributed by atoms with Crippen molar-refractivity contribution in [3.8, 4) is 44.5 Å². The number of halogens is 1. The average Bonchev–Trinajstić information content (AvgIpc) is 2.85. The van der Waals surface area contributed by atoms with Crippen LogP contribution in [0.2, 0.25) is 0 Å². The Morgan fingerprint density at radius 2 is 0.645 bits per heavy atom. The van der Waals surface area contributed by atoms with Gasteiger partial charge < -0.3 is 0 Å². The second-order valence-corrected chi connectivity index (χ2v) is 8.54. The molecule has 0 unspecified atom stereocenters. The predicted molar refractivity (Wildman–Crippen MR) is 136 cm³/mol. The van der Waals surface area contributed by atoms with E-state index in [1.54, 1.807) is 0 Å². The summed E-state index contributed by atoms with van der Waals surface area (Å²) < 4.78 is 1.09. The number of rotatable bonds is 4.